The molecular weight excluding hydrogens is 415 g/mol. The van der Waals surface area contributed by atoms with Crippen molar-refractivity contribution in [2.24, 2.45) is 0 Å². The fraction of sp³-hybridized carbons (Fsp3) is 0. The van der Waals surface area contributed by atoms with Crippen LogP contribution in [0.4, 0.5) is 15.8 Å². The van der Waals surface area contributed by atoms with Crippen molar-refractivity contribution >= 4 is 53.3 Å². The van der Waals surface area contributed by atoms with Gasteiger partial charge in [-0.15, -0.1) is 0 Å². The molecule has 0 atom stereocenters. The van der Waals surface area contributed by atoms with Crippen LogP contribution in [0, 0.1) is 5.82 Å². The van der Waals surface area contributed by atoms with Gasteiger partial charge in [-0.1, -0.05) is 0 Å². The van der Waals surface area contributed by atoms with Gasteiger partial charge >= 0.3 is 0 Å². The first-order valence-corrected chi connectivity index (χ1v) is 8.39. The van der Waals surface area contributed by atoms with Crippen LogP contribution in [0.5, 0.6) is 0 Å². The third-order valence-corrected chi connectivity index (χ3v) is 5.19. The molecule has 0 fully saturated rings. The first kappa shape index (κ1) is 15.3. The molecule has 0 saturated heterocycles. The van der Waals surface area contributed by atoms with Gasteiger partial charge in [-0.3, -0.25) is 4.72 Å². The van der Waals surface area contributed by atoms with Gasteiger partial charge in [0.15, 0.2) is 0 Å². The van der Waals surface area contributed by atoms with Gasteiger partial charge in [-0.05, 0) is 68.3 Å². The Bertz CT molecular complexity index is 766. The second-order valence-electron chi connectivity index (χ2n) is 3.91. The number of nitrogen functional groups attached to an aromatic ring is 1. The lowest BCUT2D eigenvalue weighted by molar-refractivity contribution is 0.601. The zero-order chi connectivity index (χ0) is 14.9. The summed E-state index contributed by atoms with van der Waals surface area (Å²) < 4.78 is 40.7. The lowest BCUT2D eigenvalue weighted by Crippen LogP contribution is -2.13. The highest BCUT2D eigenvalue weighted by Gasteiger charge is 2.16. The Labute approximate surface area is 132 Å². The van der Waals surface area contributed by atoms with Gasteiger partial charge in [0.05, 0.1) is 10.6 Å². The van der Waals surface area contributed by atoms with Gasteiger partial charge in [0.2, 0.25) is 0 Å². The molecule has 0 unspecified atom stereocenters. The predicted molar refractivity (Wildman–Crippen MR) is 83.5 cm³/mol. The topological polar surface area (TPSA) is 72.2 Å². The van der Waals surface area contributed by atoms with Crippen LogP contribution in [0.25, 0.3) is 0 Å². The average Bonchev–Trinajstić information content (AvgIpc) is 2.36. The number of hydrogen-bond acceptors (Lipinski definition) is 3. The molecule has 2 rings (SSSR count). The molecule has 8 heteroatoms. The Hall–Kier alpha value is -1.12. The van der Waals surface area contributed by atoms with E-state index in [2.05, 4.69) is 36.6 Å². The van der Waals surface area contributed by atoms with Crippen LogP contribution in [0.3, 0.4) is 0 Å². The molecule has 2 aromatic carbocycles. The molecule has 20 heavy (non-hydrogen) atoms. The molecule has 0 bridgehead atoms. The number of hydrogen-bond donors (Lipinski definition) is 2. The summed E-state index contributed by atoms with van der Waals surface area (Å²) in [4.78, 5) is 0.0226. The van der Waals surface area contributed by atoms with Gasteiger partial charge in [-0.25, -0.2) is 12.8 Å². The fourth-order valence-corrected chi connectivity index (χ4v) is 3.41. The van der Waals surface area contributed by atoms with E-state index in [1.54, 1.807) is 6.07 Å². The Morgan fingerprint density at radius 3 is 2.35 bits per heavy atom. The van der Waals surface area contributed by atoms with E-state index < -0.39 is 15.8 Å². The number of halogens is 3. The Morgan fingerprint density at radius 1 is 1.05 bits per heavy atom. The monoisotopic (exact) mass is 422 g/mol. The minimum Gasteiger partial charge on any atom is -0.398 e. The molecule has 0 saturated carbocycles. The van der Waals surface area contributed by atoms with Crippen molar-refractivity contribution in [2.45, 2.75) is 4.90 Å². The minimum absolute atomic E-state index is 0.0226. The van der Waals surface area contributed by atoms with E-state index in [9.17, 15) is 12.8 Å². The van der Waals surface area contributed by atoms with Gasteiger partial charge in [-0.2, -0.15) is 0 Å². The van der Waals surface area contributed by atoms with Gasteiger partial charge in [0.1, 0.15) is 5.82 Å². The van der Waals surface area contributed by atoms with Crippen LogP contribution in [0.15, 0.2) is 50.2 Å². The van der Waals surface area contributed by atoms with Crippen LogP contribution in [0.1, 0.15) is 0 Å². The smallest absolute Gasteiger partial charge is 0.262 e. The SMILES string of the molecule is Nc1cc(S(=O)(=O)Nc2ccc(F)cc2Br)ccc1Br. The number of benzene rings is 2. The number of nitrogens with one attached hydrogen (secondary N) is 1. The van der Waals surface area contributed by atoms with Gasteiger partial charge in [0, 0.05) is 14.6 Å². The lowest BCUT2D eigenvalue weighted by Gasteiger charge is -2.10. The van der Waals surface area contributed by atoms with Gasteiger partial charge < -0.3 is 5.73 Å². The molecule has 0 radical (unpaired) electrons. The normalized spacial score (nSPS) is 11.3. The molecule has 0 amide bonds. The number of rotatable bonds is 3. The Morgan fingerprint density at radius 2 is 1.75 bits per heavy atom. The third-order valence-electron chi connectivity index (χ3n) is 2.45. The summed E-state index contributed by atoms with van der Waals surface area (Å²) in [6.45, 7) is 0. The molecule has 2 aromatic rings. The first-order valence-electron chi connectivity index (χ1n) is 5.32. The number of sulfonamides is 1. The van der Waals surface area contributed by atoms with E-state index >= 15 is 0 Å². The van der Waals surface area contributed by atoms with Crippen LogP contribution in [-0.4, -0.2) is 8.42 Å². The van der Waals surface area contributed by atoms with Crippen LogP contribution in [-0.2, 0) is 10.0 Å². The van der Waals surface area contributed by atoms with Crippen LogP contribution >= 0.6 is 31.9 Å². The van der Waals surface area contributed by atoms with Crippen molar-refractivity contribution in [3.05, 3.63) is 51.2 Å². The molecule has 0 aliphatic rings. The fourth-order valence-electron chi connectivity index (χ4n) is 1.46. The summed E-state index contributed by atoms with van der Waals surface area (Å²) in [5.41, 5.74) is 6.22. The van der Waals surface area contributed by atoms with Crippen molar-refractivity contribution in [1.29, 1.82) is 0 Å². The first-order chi connectivity index (χ1) is 9.29. The van der Waals surface area contributed by atoms with E-state index in [0.717, 1.165) is 0 Å². The summed E-state index contributed by atoms with van der Waals surface area (Å²) in [6.07, 6.45) is 0. The van der Waals surface area contributed by atoms with Gasteiger partial charge in [0.25, 0.3) is 10.0 Å². The maximum Gasteiger partial charge on any atom is 0.262 e. The van der Waals surface area contributed by atoms with Crippen LogP contribution in [0.2, 0.25) is 0 Å². The molecule has 3 N–H and O–H groups in total. The maximum absolute atomic E-state index is 13.0. The molecule has 0 spiro atoms. The summed E-state index contributed by atoms with van der Waals surface area (Å²) >= 11 is 6.29. The lowest BCUT2D eigenvalue weighted by atomic mass is 10.3. The van der Waals surface area contributed by atoms with E-state index in [1.807, 2.05) is 0 Å². The maximum atomic E-state index is 13.0. The van der Waals surface area contributed by atoms with Crippen molar-refractivity contribution in [3.8, 4) is 0 Å². The number of anilines is 2. The second kappa shape index (κ2) is 5.71. The van der Waals surface area contributed by atoms with E-state index in [-0.39, 0.29) is 10.6 Å². The number of nitrogens with two attached hydrogens (primary N) is 1. The quantitative estimate of drug-likeness (QED) is 0.738. The van der Waals surface area contributed by atoms with Crippen molar-refractivity contribution in [1.82, 2.24) is 0 Å². The molecular formula is C12H9Br2FN2O2S. The summed E-state index contributed by atoms with van der Waals surface area (Å²) in [7, 11) is -3.79. The van der Waals surface area contributed by atoms with E-state index in [0.29, 0.717) is 14.6 Å². The van der Waals surface area contributed by atoms with E-state index in [1.165, 1.54) is 30.3 Å². The highest BCUT2D eigenvalue weighted by molar-refractivity contribution is 9.11. The summed E-state index contributed by atoms with van der Waals surface area (Å²) in [5.74, 6) is -0.465. The molecule has 0 aromatic heterocycles. The molecule has 106 valence electrons. The summed E-state index contributed by atoms with van der Waals surface area (Å²) in [5, 5.41) is 0. The van der Waals surface area contributed by atoms with Crippen molar-refractivity contribution < 1.29 is 12.8 Å². The second-order valence-corrected chi connectivity index (χ2v) is 7.30. The van der Waals surface area contributed by atoms with Crippen molar-refractivity contribution in [3.63, 3.8) is 0 Å². The Balaban J connectivity index is 2.38. The zero-order valence-electron chi connectivity index (χ0n) is 9.90. The molecule has 4 nitrogen and oxygen atoms in total. The molecule has 0 aliphatic carbocycles. The van der Waals surface area contributed by atoms with Crippen LogP contribution < -0.4 is 10.5 Å². The Kier molecular flexibility index (Phi) is 4.36. The predicted octanol–water partition coefficient (Wildman–Crippen LogP) is 3.73. The minimum atomic E-state index is -3.79. The van der Waals surface area contributed by atoms with Crippen molar-refractivity contribution in [2.75, 3.05) is 10.5 Å². The summed E-state index contributed by atoms with van der Waals surface area (Å²) in [6, 6.07) is 7.97. The highest BCUT2D eigenvalue weighted by atomic mass is 79.9. The highest BCUT2D eigenvalue weighted by Crippen LogP contribution is 2.28. The van der Waals surface area contributed by atoms with E-state index in [4.69, 9.17) is 5.73 Å². The standard InChI is InChI=1S/C12H9Br2FN2O2S/c13-9-3-2-8(6-11(9)16)20(18,19)17-12-4-1-7(15)5-10(12)14/h1-6,17H,16H2. The zero-order valence-corrected chi connectivity index (χ0v) is 13.9. The largest absolute Gasteiger partial charge is 0.398 e. The molecule has 0 heterocycles. The average molecular weight is 424 g/mol. The molecule has 0 aliphatic heterocycles. The third kappa shape index (κ3) is 3.31.